The molecule has 4 nitrogen and oxygen atoms in total. The molecule has 1 aromatic heterocycles. The zero-order valence-corrected chi connectivity index (χ0v) is 15.2. The molecule has 0 aliphatic heterocycles. The van der Waals surface area contributed by atoms with Gasteiger partial charge in [-0.1, -0.05) is 6.92 Å². The standard InChI is InChI=1S/C16H24N2O2S2/c1-9-5-7-12(8-6-9)17-16(21)18-14-13(15(19)20-4)10(2)11(3)22-14/h9,12H,5-8H2,1-4H3,(H2,17,18,21). The second-order valence-corrected chi connectivity index (χ2v) is 7.67. The molecule has 0 atom stereocenters. The Morgan fingerprint density at radius 2 is 1.91 bits per heavy atom. The SMILES string of the molecule is COC(=O)c1c(NC(=S)NC2CCC(C)CC2)sc(C)c1C. The third-order valence-electron chi connectivity index (χ3n) is 4.35. The molecule has 1 saturated carbocycles. The average Bonchev–Trinajstić information content (AvgIpc) is 2.75. The minimum absolute atomic E-state index is 0.321. The van der Waals surface area contributed by atoms with Gasteiger partial charge in [0, 0.05) is 10.9 Å². The number of thiocarbonyl (C=S) groups is 1. The van der Waals surface area contributed by atoms with Gasteiger partial charge < -0.3 is 15.4 Å². The summed E-state index contributed by atoms with van der Waals surface area (Å²) in [6.07, 6.45) is 4.78. The van der Waals surface area contributed by atoms with Crippen LogP contribution in [-0.2, 0) is 4.74 Å². The van der Waals surface area contributed by atoms with Crippen LogP contribution in [0.15, 0.2) is 0 Å². The highest BCUT2D eigenvalue weighted by Crippen LogP contribution is 2.33. The molecular weight excluding hydrogens is 316 g/mol. The molecule has 0 unspecified atom stereocenters. The molecule has 1 aliphatic carbocycles. The van der Waals surface area contributed by atoms with Crippen molar-refractivity contribution in [2.45, 2.75) is 52.5 Å². The zero-order chi connectivity index (χ0) is 16.3. The summed E-state index contributed by atoms with van der Waals surface area (Å²) in [4.78, 5) is 13.1. The predicted molar refractivity (Wildman–Crippen MR) is 95.9 cm³/mol. The third-order valence-corrected chi connectivity index (χ3v) is 5.70. The van der Waals surface area contributed by atoms with E-state index in [-0.39, 0.29) is 5.97 Å². The van der Waals surface area contributed by atoms with Crippen LogP contribution in [0.1, 0.15) is 53.4 Å². The molecule has 0 saturated heterocycles. The van der Waals surface area contributed by atoms with Gasteiger partial charge in [0.1, 0.15) is 5.00 Å². The van der Waals surface area contributed by atoms with Crippen LogP contribution >= 0.6 is 23.6 Å². The van der Waals surface area contributed by atoms with Crippen molar-refractivity contribution >= 4 is 39.6 Å². The summed E-state index contributed by atoms with van der Waals surface area (Å²) in [6.45, 7) is 6.23. The van der Waals surface area contributed by atoms with E-state index < -0.39 is 0 Å². The molecule has 6 heteroatoms. The molecule has 1 aromatic rings. The smallest absolute Gasteiger partial charge is 0.341 e. The molecule has 0 aromatic carbocycles. The monoisotopic (exact) mass is 340 g/mol. The quantitative estimate of drug-likeness (QED) is 0.643. The van der Waals surface area contributed by atoms with E-state index in [0.717, 1.165) is 34.2 Å². The summed E-state index contributed by atoms with van der Waals surface area (Å²) in [5.74, 6) is 0.492. The van der Waals surface area contributed by atoms with E-state index in [4.69, 9.17) is 17.0 Å². The number of hydrogen-bond acceptors (Lipinski definition) is 4. The van der Waals surface area contributed by atoms with Gasteiger partial charge in [-0.25, -0.2) is 4.79 Å². The van der Waals surface area contributed by atoms with Crippen molar-refractivity contribution in [2.24, 2.45) is 5.92 Å². The van der Waals surface area contributed by atoms with Crippen molar-refractivity contribution in [1.29, 1.82) is 0 Å². The van der Waals surface area contributed by atoms with Crippen molar-refractivity contribution in [3.63, 3.8) is 0 Å². The third kappa shape index (κ3) is 3.98. The maximum Gasteiger partial charge on any atom is 0.341 e. The Morgan fingerprint density at radius 3 is 2.50 bits per heavy atom. The van der Waals surface area contributed by atoms with Gasteiger partial charge in [-0.3, -0.25) is 0 Å². The Hall–Kier alpha value is -1.14. The number of thiophene rings is 1. The fourth-order valence-corrected chi connectivity index (χ4v) is 4.18. The van der Waals surface area contributed by atoms with Crippen LogP contribution < -0.4 is 10.6 Å². The van der Waals surface area contributed by atoms with E-state index in [1.165, 1.54) is 31.3 Å². The number of esters is 1. The van der Waals surface area contributed by atoms with E-state index in [1.54, 1.807) is 0 Å². The van der Waals surface area contributed by atoms with Gasteiger partial charge in [0.2, 0.25) is 0 Å². The number of aryl methyl sites for hydroxylation is 1. The summed E-state index contributed by atoms with van der Waals surface area (Å²) in [5, 5.41) is 7.92. The lowest BCUT2D eigenvalue weighted by Crippen LogP contribution is -2.39. The molecule has 122 valence electrons. The first-order valence-electron chi connectivity index (χ1n) is 7.68. The first-order chi connectivity index (χ1) is 10.4. The van der Waals surface area contributed by atoms with Gasteiger partial charge in [-0.05, 0) is 63.2 Å². The predicted octanol–water partition coefficient (Wildman–Crippen LogP) is 4.02. The Balaban J connectivity index is 2.02. The summed E-state index contributed by atoms with van der Waals surface area (Å²) in [6, 6.07) is 0.430. The molecule has 1 fully saturated rings. The summed E-state index contributed by atoms with van der Waals surface area (Å²) in [7, 11) is 1.40. The maximum atomic E-state index is 12.0. The second kappa shape index (κ2) is 7.42. The van der Waals surface area contributed by atoms with E-state index in [1.807, 2.05) is 13.8 Å². The number of carbonyl (C=O) groups excluding carboxylic acids is 1. The van der Waals surface area contributed by atoms with Crippen LogP contribution in [0.5, 0.6) is 0 Å². The molecule has 2 N–H and O–H groups in total. The average molecular weight is 341 g/mol. The fraction of sp³-hybridized carbons (Fsp3) is 0.625. The number of anilines is 1. The molecular formula is C16H24N2O2S2. The summed E-state index contributed by atoms with van der Waals surface area (Å²) in [5.41, 5.74) is 1.54. The highest BCUT2D eigenvalue weighted by Gasteiger charge is 2.22. The van der Waals surface area contributed by atoms with Crippen LogP contribution in [0.3, 0.4) is 0 Å². The normalized spacial score (nSPS) is 21.3. The number of hydrogen-bond donors (Lipinski definition) is 2. The minimum atomic E-state index is -0.321. The lowest BCUT2D eigenvalue weighted by atomic mass is 9.87. The van der Waals surface area contributed by atoms with Crippen LogP contribution in [0, 0.1) is 19.8 Å². The van der Waals surface area contributed by atoms with Gasteiger partial charge >= 0.3 is 5.97 Å². The number of nitrogens with one attached hydrogen (secondary N) is 2. The molecule has 22 heavy (non-hydrogen) atoms. The van der Waals surface area contributed by atoms with Crippen LogP contribution in [0.2, 0.25) is 0 Å². The Labute approximate surface area is 141 Å². The van der Waals surface area contributed by atoms with Gasteiger partial charge in [0.15, 0.2) is 5.11 Å². The molecule has 2 rings (SSSR count). The molecule has 0 spiro atoms. The van der Waals surface area contributed by atoms with Crippen LogP contribution in [0.4, 0.5) is 5.00 Å². The summed E-state index contributed by atoms with van der Waals surface area (Å²) < 4.78 is 4.88. The van der Waals surface area contributed by atoms with E-state index in [0.29, 0.717) is 16.7 Å². The van der Waals surface area contributed by atoms with Crippen LogP contribution in [0.25, 0.3) is 0 Å². The number of carbonyl (C=O) groups is 1. The van der Waals surface area contributed by atoms with E-state index in [9.17, 15) is 4.79 Å². The first-order valence-corrected chi connectivity index (χ1v) is 8.90. The topological polar surface area (TPSA) is 50.4 Å². The lowest BCUT2D eigenvalue weighted by molar-refractivity contribution is 0.0601. The molecule has 0 radical (unpaired) electrons. The maximum absolute atomic E-state index is 12.0. The Kier molecular flexibility index (Phi) is 5.81. The molecule has 1 aliphatic rings. The minimum Gasteiger partial charge on any atom is -0.465 e. The van der Waals surface area contributed by atoms with Crippen molar-refractivity contribution in [1.82, 2.24) is 5.32 Å². The van der Waals surface area contributed by atoms with E-state index >= 15 is 0 Å². The van der Waals surface area contributed by atoms with Crippen molar-refractivity contribution in [2.75, 3.05) is 12.4 Å². The highest BCUT2D eigenvalue weighted by atomic mass is 32.1. The van der Waals surface area contributed by atoms with Crippen LogP contribution in [-0.4, -0.2) is 24.2 Å². The van der Waals surface area contributed by atoms with Crippen molar-refractivity contribution in [3.8, 4) is 0 Å². The van der Waals surface area contributed by atoms with Crippen molar-refractivity contribution < 1.29 is 9.53 Å². The Bertz CT molecular complexity index is 561. The van der Waals surface area contributed by atoms with E-state index in [2.05, 4.69) is 17.6 Å². The van der Waals surface area contributed by atoms with Gasteiger partial charge in [0.25, 0.3) is 0 Å². The van der Waals surface area contributed by atoms with Gasteiger partial charge in [-0.2, -0.15) is 0 Å². The lowest BCUT2D eigenvalue weighted by Gasteiger charge is -2.27. The second-order valence-electron chi connectivity index (χ2n) is 6.03. The Morgan fingerprint density at radius 1 is 1.27 bits per heavy atom. The summed E-state index contributed by atoms with van der Waals surface area (Å²) >= 11 is 6.95. The van der Waals surface area contributed by atoms with Crippen molar-refractivity contribution in [3.05, 3.63) is 16.0 Å². The number of methoxy groups -OCH3 is 1. The molecule has 0 bridgehead atoms. The number of rotatable bonds is 3. The molecule has 0 amide bonds. The first kappa shape index (κ1) is 17.2. The highest BCUT2D eigenvalue weighted by molar-refractivity contribution is 7.80. The molecule has 1 heterocycles. The largest absolute Gasteiger partial charge is 0.465 e. The zero-order valence-electron chi connectivity index (χ0n) is 13.6. The fourth-order valence-electron chi connectivity index (χ4n) is 2.79. The number of ether oxygens (including phenoxy) is 1. The van der Waals surface area contributed by atoms with Gasteiger partial charge in [-0.15, -0.1) is 11.3 Å². The van der Waals surface area contributed by atoms with Gasteiger partial charge in [0.05, 0.1) is 12.7 Å².